The number of imide groups is 1. The van der Waals surface area contributed by atoms with Crippen molar-refractivity contribution < 1.29 is 22.7 Å². The van der Waals surface area contributed by atoms with Crippen molar-refractivity contribution in [2.75, 3.05) is 26.0 Å². The van der Waals surface area contributed by atoms with E-state index in [4.69, 9.17) is 4.74 Å². The van der Waals surface area contributed by atoms with Gasteiger partial charge in [0.25, 0.3) is 0 Å². The van der Waals surface area contributed by atoms with Crippen LogP contribution in [-0.2, 0) is 14.8 Å². The molecule has 0 saturated heterocycles. The summed E-state index contributed by atoms with van der Waals surface area (Å²) in [5, 5.41) is 8.60. The molecule has 0 aromatic heterocycles. The summed E-state index contributed by atoms with van der Waals surface area (Å²) in [4.78, 5) is 25.4. The highest BCUT2D eigenvalue weighted by Gasteiger charge is 2.51. The second-order valence-electron chi connectivity index (χ2n) is 10.4. The van der Waals surface area contributed by atoms with Crippen molar-refractivity contribution in [3.05, 3.63) is 18.2 Å². The van der Waals surface area contributed by atoms with E-state index in [-0.39, 0.29) is 16.2 Å². The van der Waals surface area contributed by atoms with Gasteiger partial charge in [0, 0.05) is 25.3 Å². The van der Waals surface area contributed by atoms with Crippen LogP contribution in [0.3, 0.4) is 0 Å². The number of nitrogens with one attached hydrogen (secondary N) is 3. The molecule has 3 amide bonds. The standard InChI is InChI=1S/C24H36N4O5S/c1-5-33-20-7-6-19(11-21(20)34(31,32)28(3)4)25-15(2)22(29)26-23(30)27-24-12-16-8-17(13-24)10-18(9-16)14-24/h6-7,11,15-18,25H,5,8-10,12-14H2,1-4H3,(H2,26,27,29,30)/t15-,16?,17?,18?,24?/m0/s1. The van der Waals surface area contributed by atoms with Gasteiger partial charge in [-0.05, 0) is 88.3 Å². The number of hydrogen-bond donors (Lipinski definition) is 3. The molecule has 5 rings (SSSR count). The fraction of sp³-hybridized carbons (Fsp3) is 0.667. The number of hydrogen-bond acceptors (Lipinski definition) is 6. The highest BCUT2D eigenvalue weighted by atomic mass is 32.2. The first-order valence-corrected chi connectivity index (χ1v) is 13.5. The maximum absolute atomic E-state index is 12.7. The van der Waals surface area contributed by atoms with E-state index in [1.54, 1.807) is 26.0 Å². The smallest absolute Gasteiger partial charge is 0.321 e. The second kappa shape index (κ2) is 9.37. The van der Waals surface area contributed by atoms with E-state index in [9.17, 15) is 18.0 Å². The normalized spacial score (nSPS) is 28.4. The van der Waals surface area contributed by atoms with Crippen LogP contribution < -0.4 is 20.7 Å². The second-order valence-corrected chi connectivity index (χ2v) is 12.5. The lowest BCUT2D eigenvalue weighted by Crippen LogP contribution is -2.62. The molecule has 4 fully saturated rings. The number of ether oxygens (including phenoxy) is 1. The van der Waals surface area contributed by atoms with Crippen LogP contribution in [0.25, 0.3) is 0 Å². The van der Waals surface area contributed by atoms with Gasteiger partial charge >= 0.3 is 6.03 Å². The predicted octanol–water partition coefficient (Wildman–Crippen LogP) is 2.93. The van der Waals surface area contributed by atoms with E-state index in [0.717, 1.165) is 23.6 Å². The van der Waals surface area contributed by atoms with E-state index in [0.29, 0.717) is 30.0 Å². The number of carbonyl (C=O) groups excluding carboxylic acids is 2. The van der Waals surface area contributed by atoms with Crippen LogP contribution >= 0.6 is 0 Å². The van der Waals surface area contributed by atoms with Crippen LogP contribution in [0, 0.1) is 17.8 Å². The maximum Gasteiger partial charge on any atom is 0.321 e. The molecule has 188 valence electrons. The van der Waals surface area contributed by atoms with E-state index in [2.05, 4.69) is 16.0 Å². The van der Waals surface area contributed by atoms with Crippen LogP contribution in [0.1, 0.15) is 52.4 Å². The van der Waals surface area contributed by atoms with Crippen LogP contribution in [0.4, 0.5) is 10.5 Å². The number of urea groups is 1. The molecule has 0 spiro atoms. The first kappa shape index (κ1) is 24.8. The van der Waals surface area contributed by atoms with Crippen molar-refractivity contribution in [3.8, 4) is 5.75 Å². The van der Waals surface area contributed by atoms with E-state index >= 15 is 0 Å². The Morgan fingerprint density at radius 2 is 1.71 bits per heavy atom. The third kappa shape index (κ3) is 5.02. The first-order valence-electron chi connectivity index (χ1n) is 12.1. The lowest BCUT2D eigenvalue weighted by Gasteiger charge is -2.56. The number of rotatable bonds is 8. The molecule has 4 aliphatic carbocycles. The van der Waals surface area contributed by atoms with Crippen molar-refractivity contribution >= 4 is 27.6 Å². The van der Waals surface area contributed by atoms with Crippen molar-refractivity contribution in [2.24, 2.45) is 17.8 Å². The molecule has 34 heavy (non-hydrogen) atoms. The van der Waals surface area contributed by atoms with Gasteiger partial charge in [0.1, 0.15) is 16.7 Å². The predicted molar refractivity (Wildman–Crippen MR) is 129 cm³/mol. The Bertz CT molecular complexity index is 1020. The van der Waals surface area contributed by atoms with Crippen molar-refractivity contribution in [3.63, 3.8) is 0 Å². The topological polar surface area (TPSA) is 117 Å². The quantitative estimate of drug-likeness (QED) is 0.514. The molecule has 4 bridgehead atoms. The van der Waals surface area contributed by atoms with Crippen LogP contribution in [0.5, 0.6) is 5.75 Å². The summed E-state index contributed by atoms with van der Waals surface area (Å²) in [6.45, 7) is 3.73. The number of amides is 3. The average molecular weight is 493 g/mol. The summed E-state index contributed by atoms with van der Waals surface area (Å²) in [7, 11) is -0.854. The maximum atomic E-state index is 12.7. The number of sulfonamides is 1. The molecule has 0 aliphatic heterocycles. The molecule has 4 aliphatic rings. The van der Waals surface area contributed by atoms with Gasteiger partial charge in [0.15, 0.2) is 0 Å². The highest BCUT2D eigenvalue weighted by molar-refractivity contribution is 7.89. The summed E-state index contributed by atoms with van der Waals surface area (Å²) in [5.74, 6) is 1.84. The zero-order valence-electron chi connectivity index (χ0n) is 20.4. The summed E-state index contributed by atoms with van der Waals surface area (Å²) in [6, 6.07) is 3.45. The molecule has 9 nitrogen and oxygen atoms in total. The van der Waals surface area contributed by atoms with E-state index in [1.807, 2.05) is 0 Å². The molecule has 3 N–H and O–H groups in total. The minimum absolute atomic E-state index is 0.0107. The molecule has 1 aromatic carbocycles. The highest BCUT2D eigenvalue weighted by Crippen LogP contribution is 2.55. The molecule has 1 atom stereocenters. The third-order valence-electron chi connectivity index (χ3n) is 7.43. The molecule has 10 heteroatoms. The number of nitrogens with zero attached hydrogens (tertiary/aromatic N) is 1. The van der Waals surface area contributed by atoms with Crippen molar-refractivity contribution in [1.29, 1.82) is 0 Å². The third-order valence-corrected chi connectivity index (χ3v) is 9.27. The fourth-order valence-corrected chi connectivity index (χ4v) is 7.39. The molecule has 1 aromatic rings. The largest absolute Gasteiger partial charge is 0.492 e. The van der Waals surface area contributed by atoms with Gasteiger partial charge in [-0.2, -0.15) is 0 Å². The fourth-order valence-electron chi connectivity index (χ4n) is 6.34. The van der Waals surface area contributed by atoms with E-state index < -0.39 is 28.0 Å². The molecule has 0 unspecified atom stereocenters. The van der Waals surface area contributed by atoms with Gasteiger partial charge in [-0.1, -0.05) is 0 Å². The Labute approximate surface area is 202 Å². The van der Waals surface area contributed by atoms with Gasteiger partial charge in [0.05, 0.1) is 6.61 Å². The van der Waals surface area contributed by atoms with Gasteiger partial charge in [-0.25, -0.2) is 17.5 Å². The molecule has 0 heterocycles. The first-order chi connectivity index (χ1) is 16.0. The number of benzene rings is 1. The van der Waals surface area contributed by atoms with Crippen LogP contribution in [0.2, 0.25) is 0 Å². The lowest BCUT2D eigenvalue weighted by atomic mass is 9.53. The monoisotopic (exact) mass is 492 g/mol. The summed E-state index contributed by atoms with van der Waals surface area (Å²) >= 11 is 0. The number of carbonyl (C=O) groups is 2. The summed E-state index contributed by atoms with van der Waals surface area (Å²) in [5.41, 5.74) is 0.258. The van der Waals surface area contributed by atoms with Gasteiger partial charge < -0.3 is 15.4 Å². The molecular formula is C24H36N4O5S. The van der Waals surface area contributed by atoms with Gasteiger partial charge in [-0.15, -0.1) is 0 Å². The Morgan fingerprint density at radius 3 is 2.24 bits per heavy atom. The Balaban J connectivity index is 1.39. The van der Waals surface area contributed by atoms with E-state index in [1.165, 1.54) is 39.4 Å². The zero-order chi connectivity index (χ0) is 24.7. The lowest BCUT2D eigenvalue weighted by molar-refractivity contribution is -0.120. The summed E-state index contributed by atoms with van der Waals surface area (Å²) in [6.07, 6.45) is 6.83. The Morgan fingerprint density at radius 1 is 1.12 bits per heavy atom. The van der Waals surface area contributed by atoms with Crippen molar-refractivity contribution in [1.82, 2.24) is 14.9 Å². The van der Waals surface area contributed by atoms with Gasteiger partial charge in [0.2, 0.25) is 15.9 Å². The Hall–Kier alpha value is -2.33. The average Bonchev–Trinajstić information content (AvgIpc) is 2.73. The van der Waals surface area contributed by atoms with Crippen molar-refractivity contribution in [2.45, 2.75) is 68.8 Å². The zero-order valence-corrected chi connectivity index (χ0v) is 21.2. The molecular weight excluding hydrogens is 456 g/mol. The summed E-state index contributed by atoms with van der Waals surface area (Å²) < 4.78 is 32.1. The minimum Gasteiger partial charge on any atom is -0.492 e. The van der Waals surface area contributed by atoms with Crippen LogP contribution in [0.15, 0.2) is 23.1 Å². The Kier molecular flexibility index (Phi) is 6.83. The minimum atomic E-state index is -3.75. The SMILES string of the molecule is CCOc1ccc(N[C@@H](C)C(=O)NC(=O)NC23CC4CC(CC(C4)C2)C3)cc1S(=O)(=O)N(C)C. The number of anilines is 1. The van der Waals surface area contributed by atoms with Crippen LogP contribution in [-0.4, -0.2) is 56.9 Å². The molecule has 4 saturated carbocycles. The van der Waals surface area contributed by atoms with Gasteiger partial charge in [-0.3, -0.25) is 10.1 Å². The molecule has 0 radical (unpaired) electrons.